The second-order valence-corrected chi connectivity index (χ2v) is 8.92. The van der Waals surface area contributed by atoms with Crippen LogP contribution in [0.15, 0.2) is 77.3 Å². The van der Waals surface area contributed by atoms with Gasteiger partial charge in [0.2, 0.25) is 0 Å². The minimum Gasteiger partial charge on any atom is -0.424 e. The summed E-state index contributed by atoms with van der Waals surface area (Å²) in [5.74, 6) is -0.661. The molecular formula is C25H19BrFN3O3. The Balaban J connectivity index is 1.61. The Kier molecular flexibility index (Phi) is 5.25. The van der Waals surface area contributed by atoms with E-state index in [1.165, 1.54) is 12.1 Å². The summed E-state index contributed by atoms with van der Waals surface area (Å²) in [6, 6.07) is 19.9. The predicted octanol–water partition coefficient (Wildman–Crippen LogP) is 5.64. The topological polar surface area (TPSA) is 75.3 Å². The molecule has 1 saturated heterocycles. The Morgan fingerprint density at radius 1 is 1.09 bits per heavy atom. The largest absolute Gasteiger partial charge is 0.424 e. The number of amides is 2. The average molecular weight is 508 g/mol. The van der Waals surface area contributed by atoms with Gasteiger partial charge in [-0.15, -0.1) is 0 Å². The van der Waals surface area contributed by atoms with Gasteiger partial charge in [-0.3, -0.25) is 4.79 Å². The maximum atomic E-state index is 13.9. The fourth-order valence-corrected chi connectivity index (χ4v) is 4.49. The number of imidazole rings is 1. The third kappa shape index (κ3) is 3.70. The van der Waals surface area contributed by atoms with E-state index in [2.05, 4.69) is 25.9 Å². The first-order valence-corrected chi connectivity index (χ1v) is 11.2. The van der Waals surface area contributed by atoms with Crippen LogP contribution < -0.4 is 0 Å². The van der Waals surface area contributed by atoms with E-state index in [0.29, 0.717) is 11.1 Å². The normalized spacial score (nSPS) is 19.2. The molecule has 0 bridgehead atoms. The van der Waals surface area contributed by atoms with Gasteiger partial charge in [0.1, 0.15) is 5.82 Å². The van der Waals surface area contributed by atoms with Gasteiger partial charge >= 0.3 is 6.09 Å². The summed E-state index contributed by atoms with van der Waals surface area (Å²) in [7, 11) is 0. The molecule has 0 unspecified atom stereocenters. The highest BCUT2D eigenvalue weighted by Gasteiger charge is 2.58. The van der Waals surface area contributed by atoms with Gasteiger partial charge in [0.05, 0.1) is 17.1 Å². The lowest BCUT2D eigenvalue weighted by molar-refractivity contribution is -0.139. The van der Waals surface area contributed by atoms with Gasteiger partial charge in [-0.05, 0) is 48.4 Å². The zero-order valence-corrected chi connectivity index (χ0v) is 19.2. The maximum absolute atomic E-state index is 13.9. The number of aromatic nitrogens is 2. The fourth-order valence-electron chi connectivity index (χ4n) is 4.14. The molecule has 1 aliphatic heterocycles. The van der Waals surface area contributed by atoms with E-state index in [9.17, 15) is 14.0 Å². The molecule has 6 nitrogen and oxygen atoms in total. The van der Waals surface area contributed by atoms with Crippen LogP contribution >= 0.6 is 15.9 Å². The highest BCUT2D eigenvalue weighted by atomic mass is 79.9. The first-order chi connectivity index (χ1) is 15.9. The number of hydrogen-bond donors (Lipinski definition) is 1. The summed E-state index contributed by atoms with van der Waals surface area (Å²) in [5, 5.41) is 0. The van der Waals surface area contributed by atoms with Crippen molar-refractivity contribution in [2.75, 3.05) is 0 Å². The molecular weight excluding hydrogens is 489 g/mol. The summed E-state index contributed by atoms with van der Waals surface area (Å²) in [6.07, 6.45) is -0.652. The predicted molar refractivity (Wildman–Crippen MR) is 124 cm³/mol. The second-order valence-electron chi connectivity index (χ2n) is 8.01. The first-order valence-electron chi connectivity index (χ1n) is 10.4. The number of H-pyrrole nitrogens is 1. The Labute approximate surface area is 197 Å². The van der Waals surface area contributed by atoms with Gasteiger partial charge in [-0.2, -0.15) is 0 Å². The molecule has 0 saturated carbocycles. The number of aromatic amines is 1. The summed E-state index contributed by atoms with van der Waals surface area (Å²) in [6.45, 7) is 1.71. The molecule has 2 amide bonds. The number of cyclic esters (lactones) is 1. The van der Waals surface area contributed by atoms with Crippen molar-refractivity contribution in [3.63, 3.8) is 0 Å². The third-order valence-corrected chi connectivity index (χ3v) is 6.38. The SMILES string of the molecule is C[C@H](c1ccc(F)cc1)N1C(=O)O[C@](Cc2ccccc2)(c2nc3cc(Br)ccc3[nH]2)C1=O. The van der Waals surface area contributed by atoms with Gasteiger partial charge in [-0.1, -0.05) is 58.4 Å². The summed E-state index contributed by atoms with van der Waals surface area (Å²) in [5.41, 5.74) is 1.13. The number of nitrogens with zero attached hydrogens (tertiary/aromatic N) is 2. The van der Waals surface area contributed by atoms with Crippen LogP contribution in [0.5, 0.6) is 0 Å². The van der Waals surface area contributed by atoms with E-state index in [4.69, 9.17) is 4.74 Å². The summed E-state index contributed by atoms with van der Waals surface area (Å²) >= 11 is 3.43. The van der Waals surface area contributed by atoms with Gasteiger partial charge in [0.15, 0.2) is 5.82 Å². The van der Waals surface area contributed by atoms with Crippen molar-refractivity contribution in [2.24, 2.45) is 0 Å². The summed E-state index contributed by atoms with van der Waals surface area (Å²) in [4.78, 5) is 35.9. The van der Waals surface area contributed by atoms with Gasteiger partial charge in [0.25, 0.3) is 11.5 Å². The lowest BCUT2D eigenvalue weighted by Crippen LogP contribution is -2.42. The molecule has 0 spiro atoms. The summed E-state index contributed by atoms with van der Waals surface area (Å²) < 4.78 is 20.1. The smallest absolute Gasteiger partial charge is 0.418 e. The second kappa shape index (κ2) is 8.12. The highest BCUT2D eigenvalue weighted by molar-refractivity contribution is 9.10. The number of ether oxygens (including phenoxy) is 1. The van der Waals surface area contributed by atoms with E-state index in [1.807, 2.05) is 48.5 Å². The lowest BCUT2D eigenvalue weighted by Gasteiger charge is -2.25. The van der Waals surface area contributed by atoms with Crippen LogP contribution in [-0.2, 0) is 21.6 Å². The molecule has 1 N–H and O–H groups in total. The third-order valence-electron chi connectivity index (χ3n) is 5.89. The van der Waals surface area contributed by atoms with Crippen molar-refractivity contribution in [3.8, 4) is 0 Å². The molecule has 166 valence electrons. The highest BCUT2D eigenvalue weighted by Crippen LogP contribution is 2.41. The molecule has 1 aliphatic rings. The van der Waals surface area contributed by atoms with Crippen molar-refractivity contribution in [1.82, 2.24) is 14.9 Å². The number of nitrogens with one attached hydrogen (secondary N) is 1. The van der Waals surface area contributed by atoms with Crippen LogP contribution in [-0.4, -0.2) is 26.9 Å². The Morgan fingerprint density at radius 3 is 2.55 bits per heavy atom. The average Bonchev–Trinajstić information content (AvgIpc) is 3.33. The van der Waals surface area contributed by atoms with Crippen LogP contribution in [0.1, 0.15) is 29.9 Å². The molecule has 3 aromatic carbocycles. The number of hydrogen-bond acceptors (Lipinski definition) is 4. The van der Waals surface area contributed by atoms with E-state index >= 15 is 0 Å². The van der Waals surface area contributed by atoms with Crippen molar-refractivity contribution < 1.29 is 18.7 Å². The Bertz CT molecular complexity index is 1360. The van der Waals surface area contributed by atoms with Crippen molar-refractivity contribution >= 4 is 39.0 Å². The molecule has 1 aromatic heterocycles. The van der Waals surface area contributed by atoms with Crippen molar-refractivity contribution in [2.45, 2.75) is 25.0 Å². The lowest BCUT2D eigenvalue weighted by atomic mass is 9.92. The van der Waals surface area contributed by atoms with Crippen LogP contribution in [0.25, 0.3) is 11.0 Å². The van der Waals surface area contributed by atoms with E-state index < -0.39 is 29.5 Å². The molecule has 2 atom stereocenters. The molecule has 1 fully saturated rings. The zero-order chi connectivity index (χ0) is 23.2. The van der Waals surface area contributed by atoms with Crippen LogP contribution in [0.2, 0.25) is 0 Å². The molecule has 0 radical (unpaired) electrons. The number of carbonyl (C=O) groups is 2. The molecule has 4 aromatic rings. The van der Waals surface area contributed by atoms with Gasteiger partial charge < -0.3 is 9.72 Å². The Morgan fingerprint density at radius 2 is 1.82 bits per heavy atom. The standard InChI is InChI=1S/C25H19BrFN3O3/c1-15(17-7-10-19(27)11-8-17)30-23(31)25(33-24(30)32,14-16-5-3-2-4-6-16)22-28-20-12-9-18(26)13-21(20)29-22/h2-13,15H,14H2,1H3,(H,28,29)/t15-,25-/m1/s1. The number of halogens is 2. The van der Waals surface area contributed by atoms with Gasteiger partial charge in [0, 0.05) is 10.9 Å². The monoisotopic (exact) mass is 507 g/mol. The maximum Gasteiger partial charge on any atom is 0.418 e. The first kappa shape index (κ1) is 21.3. The Hall–Kier alpha value is -3.52. The van der Waals surface area contributed by atoms with Gasteiger partial charge in [-0.25, -0.2) is 19.1 Å². The number of fused-ring (bicyclic) bond motifs is 1. The molecule has 2 heterocycles. The number of benzene rings is 3. The van der Waals surface area contributed by atoms with Crippen LogP contribution in [0, 0.1) is 5.82 Å². The van der Waals surface area contributed by atoms with Crippen molar-refractivity contribution in [3.05, 3.63) is 100 Å². The minimum atomic E-state index is -1.65. The quantitative estimate of drug-likeness (QED) is 0.379. The van der Waals surface area contributed by atoms with E-state index in [0.717, 1.165) is 20.5 Å². The number of carbonyl (C=O) groups excluding carboxylic acids is 2. The molecule has 33 heavy (non-hydrogen) atoms. The van der Waals surface area contributed by atoms with Crippen molar-refractivity contribution in [1.29, 1.82) is 0 Å². The zero-order valence-electron chi connectivity index (χ0n) is 17.6. The fraction of sp³-hybridized carbons (Fsp3) is 0.160. The van der Waals surface area contributed by atoms with Crippen LogP contribution in [0.3, 0.4) is 0 Å². The molecule has 8 heteroatoms. The van der Waals surface area contributed by atoms with Crippen LogP contribution in [0.4, 0.5) is 9.18 Å². The molecule has 0 aliphatic carbocycles. The number of imide groups is 1. The van der Waals surface area contributed by atoms with E-state index in [1.54, 1.807) is 19.1 Å². The minimum absolute atomic E-state index is 0.117. The molecule has 5 rings (SSSR count). The number of rotatable bonds is 5. The van der Waals surface area contributed by atoms with E-state index in [-0.39, 0.29) is 12.2 Å².